The van der Waals surface area contributed by atoms with Crippen molar-refractivity contribution in [2.75, 3.05) is 20.1 Å². The number of hydrogen-bond donors (Lipinski definition) is 2. The van der Waals surface area contributed by atoms with Crippen molar-refractivity contribution in [3.05, 3.63) is 35.2 Å². The lowest BCUT2D eigenvalue weighted by atomic mass is 9.97. The molecule has 0 unspecified atom stereocenters. The number of fused-ring (bicyclic) bond motifs is 2. The Morgan fingerprint density at radius 1 is 1.24 bits per heavy atom. The van der Waals surface area contributed by atoms with Gasteiger partial charge in [-0.25, -0.2) is 14.8 Å². The lowest BCUT2D eigenvalue weighted by Gasteiger charge is -2.57. The van der Waals surface area contributed by atoms with Gasteiger partial charge in [-0.2, -0.15) is 0 Å². The zero-order valence-corrected chi connectivity index (χ0v) is 19.5. The summed E-state index contributed by atoms with van der Waals surface area (Å²) in [6.07, 6.45) is -1.35. The molecule has 4 amide bonds. The van der Waals surface area contributed by atoms with Crippen LogP contribution in [0.2, 0.25) is 0 Å². The monoisotopic (exact) mass is 473 g/mol. The van der Waals surface area contributed by atoms with E-state index in [1.54, 1.807) is 37.1 Å². The van der Waals surface area contributed by atoms with E-state index >= 15 is 0 Å². The molecular formula is C22H27N5O5S. The van der Waals surface area contributed by atoms with Gasteiger partial charge in [-0.05, 0) is 36.2 Å². The summed E-state index contributed by atoms with van der Waals surface area (Å²) in [7, 11) is 1.64. The number of aliphatic carboxylic acids is 1. The molecule has 0 radical (unpaired) electrons. The van der Waals surface area contributed by atoms with E-state index in [-0.39, 0.29) is 19.0 Å². The fourth-order valence-electron chi connectivity index (χ4n) is 4.71. The van der Waals surface area contributed by atoms with Crippen LogP contribution in [0.3, 0.4) is 0 Å². The van der Waals surface area contributed by atoms with E-state index in [1.165, 1.54) is 14.9 Å². The molecule has 2 aliphatic rings. The van der Waals surface area contributed by atoms with E-state index in [9.17, 15) is 24.3 Å². The third kappa shape index (κ3) is 4.02. The van der Waals surface area contributed by atoms with Crippen molar-refractivity contribution in [2.45, 2.75) is 45.1 Å². The molecule has 2 saturated heterocycles. The number of carbonyl (C=O) groups is 4. The summed E-state index contributed by atoms with van der Waals surface area (Å²) in [6.45, 7) is 4.10. The zero-order chi connectivity index (χ0) is 23.9. The quantitative estimate of drug-likeness (QED) is 0.681. The minimum absolute atomic E-state index is 0.126. The molecule has 1 aromatic carbocycles. The van der Waals surface area contributed by atoms with Crippen LogP contribution in [-0.2, 0) is 20.9 Å². The number of thiophene rings is 1. The van der Waals surface area contributed by atoms with Crippen molar-refractivity contribution in [1.82, 2.24) is 25.1 Å². The van der Waals surface area contributed by atoms with Crippen LogP contribution >= 0.6 is 11.3 Å². The number of rotatable bonds is 5. The number of carboxylic acids is 1. The summed E-state index contributed by atoms with van der Waals surface area (Å²) < 4.78 is 1.09. The normalized spacial score (nSPS) is 23.7. The lowest BCUT2D eigenvalue weighted by Crippen LogP contribution is -2.78. The standard InChI is InChI=1S/C22H27N5O5S/c1-4-23-22(32)27-20-13(2)25(10-14-12-33-17-8-6-5-7-15(14)17)21(31)16(9-19(29)30)26(20)18(28)11-24(27)3/h5-8,12-13,16,20H,4,9-11H2,1-3H3,(H,23,32)(H,29,30)/t13-,16-,20-/m0/s1. The predicted octanol–water partition coefficient (Wildman–Crippen LogP) is 1.52. The number of hydrogen-bond acceptors (Lipinski definition) is 6. The molecule has 33 heavy (non-hydrogen) atoms. The molecule has 10 nitrogen and oxygen atoms in total. The van der Waals surface area contributed by atoms with Crippen molar-refractivity contribution >= 4 is 45.2 Å². The fourth-order valence-corrected chi connectivity index (χ4v) is 5.66. The van der Waals surface area contributed by atoms with Gasteiger partial charge < -0.3 is 20.2 Å². The van der Waals surface area contributed by atoms with Gasteiger partial charge in [-0.3, -0.25) is 14.4 Å². The summed E-state index contributed by atoms with van der Waals surface area (Å²) in [4.78, 5) is 54.0. The third-order valence-electron chi connectivity index (χ3n) is 6.19. The molecule has 0 saturated carbocycles. The van der Waals surface area contributed by atoms with Crippen LogP contribution in [0, 0.1) is 0 Å². The molecule has 2 N–H and O–H groups in total. The van der Waals surface area contributed by atoms with Crippen LogP contribution in [0.4, 0.5) is 4.79 Å². The topological polar surface area (TPSA) is 113 Å². The molecule has 0 spiro atoms. The maximum Gasteiger partial charge on any atom is 0.333 e. The predicted molar refractivity (Wildman–Crippen MR) is 122 cm³/mol. The Morgan fingerprint density at radius 3 is 2.67 bits per heavy atom. The number of benzene rings is 1. The van der Waals surface area contributed by atoms with Gasteiger partial charge in [-0.1, -0.05) is 18.2 Å². The number of carboxylic acid groups (broad SMARTS) is 1. The highest BCUT2D eigenvalue weighted by Gasteiger charge is 2.54. The highest BCUT2D eigenvalue weighted by molar-refractivity contribution is 7.17. The molecule has 11 heteroatoms. The highest BCUT2D eigenvalue weighted by Crippen LogP contribution is 2.34. The number of urea groups is 1. The van der Waals surface area contributed by atoms with Gasteiger partial charge in [0.25, 0.3) is 0 Å². The Morgan fingerprint density at radius 2 is 1.97 bits per heavy atom. The molecule has 2 aromatic rings. The Kier molecular flexibility index (Phi) is 6.26. The summed E-state index contributed by atoms with van der Waals surface area (Å²) >= 11 is 1.57. The number of nitrogens with zero attached hydrogens (tertiary/aromatic N) is 4. The van der Waals surface area contributed by atoms with Gasteiger partial charge in [-0.15, -0.1) is 11.3 Å². The molecule has 2 aliphatic heterocycles. The number of amides is 4. The average molecular weight is 474 g/mol. The molecule has 0 aliphatic carbocycles. The van der Waals surface area contributed by atoms with Gasteiger partial charge in [0, 0.05) is 24.8 Å². The van der Waals surface area contributed by atoms with E-state index in [0.717, 1.165) is 15.6 Å². The van der Waals surface area contributed by atoms with Crippen molar-refractivity contribution < 1.29 is 24.3 Å². The minimum atomic E-state index is -1.19. The number of piperazine rings is 1. The third-order valence-corrected chi connectivity index (χ3v) is 7.20. The first-order chi connectivity index (χ1) is 15.7. The molecule has 2 fully saturated rings. The first kappa shape index (κ1) is 23.0. The minimum Gasteiger partial charge on any atom is -0.481 e. The highest BCUT2D eigenvalue weighted by atomic mass is 32.1. The van der Waals surface area contributed by atoms with E-state index in [0.29, 0.717) is 6.54 Å². The Labute approximate surface area is 195 Å². The molecule has 3 heterocycles. The number of carbonyl (C=O) groups excluding carboxylic acids is 3. The van der Waals surface area contributed by atoms with E-state index in [1.807, 2.05) is 29.6 Å². The SMILES string of the molecule is CCNC(=O)N1[C@H]2[C@H](C)N(Cc3csc4ccccc34)C(=O)[C@H](CC(=O)O)N2C(=O)CN1C. The lowest BCUT2D eigenvalue weighted by molar-refractivity contribution is -0.197. The summed E-state index contributed by atoms with van der Waals surface area (Å²) in [5.74, 6) is -1.99. The maximum atomic E-state index is 13.6. The van der Waals surface area contributed by atoms with Gasteiger partial charge in [0.15, 0.2) is 0 Å². The van der Waals surface area contributed by atoms with Crippen LogP contribution in [0.15, 0.2) is 29.6 Å². The maximum absolute atomic E-state index is 13.6. The van der Waals surface area contributed by atoms with Crippen LogP contribution in [0.5, 0.6) is 0 Å². The second kappa shape index (κ2) is 8.99. The Bertz CT molecular complexity index is 1100. The second-order valence-corrected chi connectivity index (χ2v) is 9.20. The van der Waals surface area contributed by atoms with E-state index < -0.39 is 42.6 Å². The molecule has 0 bridgehead atoms. The second-order valence-electron chi connectivity index (χ2n) is 8.29. The van der Waals surface area contributed by atoms with Crippen molar-refractivity contribution in [3.8, 4) is 0 Å². The van der Waals surface area contributed by atoms with E-state index in [4.69, 9.17) is 0 Å². The van der Waals surface area contributed by atoms with Crippen LogP contribution in [0.25, 0.3) is 10.1 Å². The summed E-state index contributed by atoms with van der Waals surface area (Å²) in [6, 6.07) is 5.72. The molecule has 4 rings (SSSR count). The molecule has 3 atom stereocenters. The van der Waals surface area contributed by atoms with E-state index in [2.05, 4.69) is 5.32 Å². The van der Waals surface area contributed by atoms with Crippen molar-refractivity contribution in [1.29, 1.82) is 0 Å². The molecule has 176 valence electrons. The Balaban J connectivity index is 1.76. The molecule has 1 aromatic heterocycles. The molecular weight excluding hydrogens is 446 g/mol. The van der Waals surface area contributed by atoms with Crippen LogP contribution in [-0.4, -0.2) is 87.1 Å². The van der Waals surface area contributed by atoms with Gasteiger partial charge >= 0.3 is 12.0 Å². The van der Waals surface area contributed by atoms with Gasteiger partial charge in [0.1, 0.15) is 12.2 Å². The summed E-state index contributed by atoms with van der Waals surface area (Å²) in [5.41, 5.74) is 0.943. The van der Waals surface area contributed by atoms with Crippen molar-refractivity contribution in [3.63, 3.8) is 0 Å². The first-order valence-corrected chi connectivity index (χ1v) is 11.7. The first-order valence-electron chi connectivity index (χ1n) is 10.8. The number of nitrogens with one attached hydrogen (secondary N) is 1. The smallest absolute Gasteiger partial charge is 0.333 e. The number of likely N-dealkylation sites (N-methyl/N-ethyl adjacent to an activating group) is 1. The largest absolute Gasteiger partial charge is 0.481 e. The van der Waals surface area contributed by atoms with Gasteiger partial charge in [0.05, 0.1) is 19.0 Å². The summed E-state index contributed by atoms with van der Waals surface area (Å²) in [5, 5.41) is 18.2. The van der Waals surface area contributed by atoms with Crippen LogP contribution < -0.4 is 5.32 Å². The van der Waals surface area contributed by atoms with Crippen molar-refractivity contribution in [2.24, 2.45) is 0 Å². The van der Waals surface area contributed by atoms with Crippen LogP contribution in [0.1, 0.15) is 25.8 Å². The average Bonchev–Trinajstić information content (AvgIpc) is 3.17. The van der Waals surface area contributed by atoms with Gasteiger partial charge in [0.2, 0.25) is 11.8 Å². The fraction of sp³-hybridized carbons (Fsp3) is 0.455. The zero-order valence-electron chi connectivity index (χ0n) is 18.7. The Hall–Kier alpha value is -3.18. The number of hydrazine groups is 1.